The van der Waals surface area contributed by atoms with Crippen LogP contribution in [0.4, 0.5) is 5.69 Å². The highest BCUT2D eigenvalue weighted by atomic mass is 16.2. The Labute approximate surface area is 175 Å². The molecular weight excluding hydrogens is 360 g/mol. The minimum Gasteiger partial charge on any atom is -0.350 e. The molecule has 0 aromatic heterocycles. The first-order valence-electron chi connectivity index (χ1n) is 10.4. The van der Waals surface area contributed by atoms with Gasteiger partial charge in [-0.1, -0.05) is 76.2 Å². The number of hydrogen-bond donors (Lipinski definition) is 2. The Morgan fingerprint density at radius 1 is 0.828 bits per heavy atom. The number of amides is 2. The first-order chi connectivity index (χ1) is 13.6. The van der Waals surface area contributed by atoms with Gasteiger partial charge < -0.3 is 10.6 Å². The number of carbonyl (C=O) groups is 2. The van der Waals surface area contributed by atoms with Crippen LogP contribution in [0.3, 0.4) is 0 Å². The molecule has 0 spiro atoms. The maximum atomic E-state index is 12.6. The van der Waals surface area contributed by atoms with Crippen LogP contribution in [-0.4, -0.2) is 17.4 Å². The molecule has 0 radical (unpaired) electrons. The summed E-state index contributed by atoms with van der Waals surface area (Å²) in [5.41, 5.74) is 3.75. The lowest BCUT2D eigenvalue weighted by Gasteiger charge is -2.26. The molecule has 0 atom stereocenters. The van der Waals surface area contributed by atoms with Crippen molar-refractivity contribution in [2.24, 2.45) is 0 Å². The standard InChI is InChI=1S/C25H34N2O2/c1-17(2)20-13-10-14-21(18(3)4)24(20)26-22(28)15-23(29)27-25(5,6)16-19-11-8-7-9-12-19/h7-14,17-18H,15-16H2,1-6H3,(H,26,28)(H,27,29). The summed E-state index contributed by atoms with van der Waals surface area (Å²) >= 11 is 0. The Hall–Kier alpha value is -2.62. The van der Waals surface area contributed by atoms with Crippen molar-refractivity contribution in [3.8, 4) is 0 Å². The largest absolute Gasteiger partial charge is 0.350 e. The van der Waals surface area contributed by atoms with E-state index in [0.717, 1.165) is 22.4 Å². The van der Waals surface area contributed by atoms with E-state index < -0.39 is 5.54 Å². The molecule has 0 fully saturated rings. The normalized spacial score (nSPS) is 11.6. The van der Waals surface area contributed by atoms with Crippen molar-refractivity contribution < 1.29 is 9.59 Å². The third-order valence-electron chi connectivity index (χ3n) is 4.93. The minimum atomic E-state index is -0.433. The predicted molar refractivity (Wildman–Crippen MR) is 120 cm³/mol. The molecule has 0 saturated heterocycles. The molecular formula is C25H34N2O2. The summed E-state index contributed by atoms with van der Waals surface area (Å²) in [6.07, 6.45) is 0.511. The van der Waals surface area contributed by atoms with Gasteiger partial charge in [0.25, 0.3) is 0 Å². The molecule has 2 rings (SSSR count). The van der Waals surface area contributed by atoms with Crippen LogP contribution in [0.5, 0.6) is 0 Å². The number of benzene rings is 2. The lowest BCUT2D eigenvalue weighted by Crippen LogP contribution is -2.46. The minimum absolute atomic E-state index is 0.192. The smallest absolute Gasteiger partial charge is 0.233 e. The topological polar surface area (TPSA) is 58.2 Å². The van der Waals surface area contributed by atoms with Crippen LogP contribution in [0, 0.1) is 0 Å². The van der Waals surface area contributed by atoms with Crippen LogP contribution in [0.15, 0.2) is 48.5 Å². The van der Waals surface area contributed by atoms with Crippen molar-refractivity contribution in [3.63, 3.8) is 0 Å². The van der Waals surface area contributed by atoms with Crippen LogP contribution < -0.4 is 10.6 Å². The number of para-hydroxylation sites is 1. The number of nitrogens with one attached hydrogen (secondary N) is 2. The number of anilines is 1. The van der Waals surface area contributed by atoms with Gasteiger partial charge in [-0.05, 0) is 48.8 Å². The highest BCUT2D eigenvalue weighted by Gasteiger charge is 2.23. The molecule has 4 heteroatoms. The second-order valence-electron chi connectivity index (χ2n) is 8.94. The average Bonchev–Trinajstić information content (AvgIpc) is 2.60. The maximum Gasteiger partial charge on any atom is 0.233 e. The summed E-state index contributed by atoms with van der Waals surface area (Å²) in [7, 11) is 0. The number of carbonyl (C=O) groups excluding carboxylic acids is 2. The average molecular weight is 395 g/mol. The second kappa shape index (κ2) is 9.73. The van der Waals surface area contributed by atoms with Crippen LogP contribution in [-0.2, 0) is 16.0 Å². The van der Waals surface area contributed by atoms with E-state index in [0.29, 0.717) is 6.42 Å². The first-order valence-corrected chi connectivity index (χ1v) is 10.4. The van der Waals surface area contributed by atoms with E-state index in [4.69, 9.17) is 0 Å². The highest BCUT2D eigenvalue weighted by molar-refractivity contribution is 6.04. The van der Waals surface area contributed by atoms with E-state index in [1.54, 1.807) is 0 Å². The second-order valence-corrected chi connectivity index (χ2v) is 8.94. The Balaban J connectivity index is 2.04. The lowest BCUT2D eigenvalue weighted by atomic mass is 9.92. The highest BCUT2D eigenvalue weighted by Crippen LogP contribution is 2.32. The van der Waals surface area contributed by atoms with Gasteiger partial charge in [0.1, 0.15) is 6.42 Å². The molecule has 0 unspecified atom stereocenters. The third-order valence-corrected chi connectivity index (χ3v) is 4.93. The fourth-order valence-electron chi connectivity index (χ4n) is 3.60. The van der Waals surface area contributed by atoms with Gasteiger partial charge in [0.05, 0.1) is 0 Å². The van der Waals surface area contributed by atoms with E-state index in [1.165, 1.54) is 0 Å². The zero-order valence-corrected chi connectivity index (χ0v) is 18.5. The SMILES string of the molecule is CC(C)c1cccc(C(C)C)c1NC(=O)CC(=O)NC(C)(C)Cc1ccccc1. The fraction of sp³-hybridized carbons (Fsp3) is 0.440. The van der Waals surface area contributed by atoms with Gasteiger partial charge in [0.2, 0.25) is 11.8 Å². The van der Waals surface area contributed by atoms with Gasteiger partial charge in [0.15, 0.2) is 0 Å². The van der Waals surface area contributed by atoms with Crippen molar-refractivity contribution in [1.82, 2.24) is 5.32 Å². The summed E-state index contributed by atoms with van der Waals surface area (Å²) in [5.74, 6) is 0.00910. The summed E-state index contributed by atoms with van der Waals surface area (Å²) in [5, 5.41) is 6.00. The summed E-state index contributed by atoms with van der Waals surface area (Å²) < 4.78 is 0. The Morgan fingerprint density at radius 3 is 1.90 bits per heavy atom. The van der Waals surface area contributed by atoms with Gasteiger partial charge in [-0.2, -0.15) is 0 Å². The van der Waals surface area contributed by atoms with Crippen LogP contribution >= 0.6 is 0 Å². The Kier molecular flexibility index (Phi) is 7.60. The maximum absolute atomic E-state index is 12.6. The molecule has 0 aliphatic heterocycles. The van der Waals surface area contributed by atoms with E-state index >= 15 is 0 Å². The zero-order valence-electron chi connectivity index (χ0n) is 18.5. The van der Waals surface area contributed by atoms with E-state index in [1.807, 2.05) is 62.4 Å². The molecule has 2 aromatic carbocycles. The molecule has 2 amide bonds. The van der Waals surface area contributed by atoms with Crippen molar-refractivity contribution in [2.75, 3.05) is 5.32 Å². The van der Waals surface area contributed by atoms with Crippen LogP contribution in [0.25, 0.3) is 0 Å². The lowest BCUT2D eigenvalue weighted by molar-refractivity contribution is -0.127. The van der Waals surface area contributed by atoms with Crippen LogP contribution in [0.2, 0.25) is 0 Å². The van der Waals surface area contributed by atoms with Gasteiger partial charge in [-0.25, -0.2) is 0 Å². The molecule has 29 heavy (non-hydrogen) atoms. The summed E-state index contributed by atoms with van der Waals surface area (Å²) in [6.45, 7) is 12.4. The molecule has 0 saturated carbocycles. The predicted octanol–water partition coefficient (Wildman–Crippen LogP) is 5.40. The van der Waals surface area contributed by atoms with E-state index in [-0.39, 0.29) is 30.1 Å². The van der Waals surface area contributed by atoms with Crippen LogP contribution in [0.1, 0.15) is 76.5 Å². The quantitative estimate of drug-likeness (QED) is 0.589. The first kappa shape index (κ1) is 22.7. The summed E-state index contributed by atoms with van der Waals surface area (Å²) in [6, 6.07) is 16.1. The van der Waals surface area contributed by atoms with Gasteiger partial charge >= 0.3 is 0 Å². The van der Waals surface area contributed by atoms with Gasteiger partial charge in [-0.3, -0.25) is 9.59 Å². The third kappa shape index (κ3) is 6.74. The Bertz CT molecular complexity index is 813. The van der Waals surface area contributed by atoms with Crippen molar-refractivity contribution in [3.05, 3.63) is 65.2 Å². The number of hydrogen-bond acceptors (Lipinski definition) is 2. The Morgan fingerprint density at radius 2 is 1.38 bits per heavy atom. The molecule has 4 nitrogen and oxygen atoms in total. The molecule has 2 N–H and O–H groups in total. The van der Waals surface area contributed by atoms with Crippen molar-refractivity contribution in [1.29, 1.82) is 0 Å². The summed E-state index contributed by atoms with van der Waals surface area (Å²) in [4.78, 5) is 25.2. The van der Waals surface area contributed by atoms with Gasteiger partial charge in [-0.15, -0.1) is 0 Å². The molecule has 2 aromatic rings. The van der Waals surface area contributed by atoms with E-state index in [2.05, 4.69) is 38.3 Å². The van der Waals surface area contributed by atoms with Crippen molar-refractivity contribution in [2.45, 2.75) is 71.8 Å². The van der Waals surface area contributed by atoms with Gasteiger partial charge in [0, 0.05) is 11.2 Å². The molecule has 0 aliphatic rings. The molecule has 0 bridgehead atoms. The molecule has 0 heterocycles. The monoisotopic (exact) mass is 394 g/mol. The fourth-order valence-corrected chi connectivity index (χ4v) is 3.60. The van der Waals surface area contributed by atoms with Crippen molar-refractivity contribution >= 4 is 17.5 Å². The number of rotatable bonds is 8. The zero-order chi connectivity index (χ0) is 21.6. The van der Waals surface area contributed by atoms with E-state index in [9.17, 15) is 9.59 Å². The molecule has 156 valence electrons. The molecule has 0 aliphatic carbocycles.